The number of aliphatic imine (C=N–C) groups is 1. The van der Waals surface area contributed by atoms with E-state index in [1.54, 1.807) is 13.1 Å². The second kappa shape index (κ2) is 6.27. The zero-order chi connectivity index (χ0) is 19.2. The van der Waals surface area contributed by atoms with Crippen LogP contribution in [0.2, 0.25) is 0 Å². The SMILES string of the molecule is CCC1(N)N=C(Nc2cnn(CC3(C)COC3)c2C)NC=C1C(F)(F)F. The summed E-state index contributed by atoms with van der Waals surface area (Å²) in [5.41, 5.74) is 4.73. The molecule has 1 aromatic heterocycles. The number of rotatable bonds is 4. The van der Waals surface area contributed by atoms with Crippen LogP contribution in [0.25, 0.3) is 0 Å². The minimum absolute atomic E-state index is 0.0157. The number of aromatic nitrogens is 2. The van der Waals surface area contributed by atoms with Crippen molar-refractivity contribution in [2.24, 2.45) is 16.1 Å². The Balaban J connectivity index is 1.77. The number of guanidine groups is 1. The first-order valence-corrected chi connectivity index (χ1v) is 8.37. The third kappa shape index (κ3) is 3.43. The smallest absolute Gasteiger partial charge is 0.380 e. The molecule has 2 aliphatic heterocycles. The molecule has 26 heavy (non-hydrogen) atoms. The zero-order valence-corrected chi connectivity index (χ0v) is 14.9. The van der Waals surface area contributed by atoms with Crippen molar-refractivity contribution in [2.45, 2.75) is 45.6 Å². The fourth-order valence-corrected chi connectivity index (χ4v) is 2.98. The highest BCUT2D eigenvalue weighted by atomic mass is 19.4. The Labute approximate surface area is 149 Å². The molecule has 0 saturated carbocycles. The molecule has 7 nitrogen and oxygen atoms in total. The average Bonchev–Trinajstić information content (AvgIpc) is 2.85. The minimum Gasteiger partial charge on any atom is -0.380 e. The van der Waals surface area contributed by atoms with Crippen molar-refractivity contribution in [1.29, 1.82) is 0 Å². The molecule has 1 unspecified atom stereocenters. The van der Waals surface area contributed by atoms with E-state index in [1.165, 1.54) is 0 Å². The average molecular weight is 372 g/mol. The summed E-state index contributed by atoms with van der Waals surface area (Å²) in [7, 11) is 0. The number of hydrogen-bond acceptors (Lipinski definition) is 6. The van der Waals surface area contributed by atoms with E-state index in [0.29, 0.717) is 25.4 Å². The Hall–Kier alpha value is -2.07. The second-order valence-electron chi connectivity index (χ2n) is 7.17. The highest BCUT2D eigenvalue weighted by molar-refractivity contribution is 5.95. The predicted octanol–water partition coefficient (Wildman–Crippen LogP) is 2.11. The summed E-state index contributed by atoms with van der Waals surface area (Å²) in [6, 6.07) is 0. The van der Waals surface area contributed by atoms with Crippen LogP contribution in [0, 0.1) is 12.3 Å². The van der Waals surface area contributed by atoms with Crippen molar-refractivity contribution in [3.63, 3.8) is 0 Å². The molecule has 1 atom stereocenters. The summed E-state index contributed by atoms with van der Waals surface area (Å²) in [5, 5.41) is 9.87. The first-order valence-electron chi connectivity index (χ1n) is 8.37. The number of nitrogens with one attached hydrogen (secondary N) is 2. The molecule has 0 amide bonds. The summed E-state index contributed by atoms with van der Waals surface area (Å²) in [5.74, 6) is 0.156. The van der Waals surface area contributed by atoms with Crippen LogP contribution in [-0.2, 0) is 11.3 Å². The first-order chi connectivity index (χ1) is 12.1. The fourth-order valence-electron chi connectivity index (χ4n) is 2.98. The minimum atomic E-state index is -4.55. The topological polar surface area (TPSA) is 89.5 Å². The molecule has 0 aromatic carbocycles. The Morgan fingerprint density at radius 3 is 2.65 bits per heavy atom. The standard InChI is InChI=1S/C16H23F3N6O/c1-4-15(20)12(16(17,18)19)6-21-13(24-15)23-11-5-22-25(10(11)2)7-14(3)8-26-9-14/h5-6H,4,7-9,20H2,1-3H3,(H2,21,23,24). The van der Waals surface area contributed by atoms with E-state index in [-0.39, 0.29) is 17.8 Å². The first kappa shape index (κ1) is 18.7. The number of alkyl halides is 3. The second-order valence-corrected chi connectivity index (χ2v) is 7.17. The van der Waals surface area contributed by atoms with Crippen LogP contribution in [-0.4, -0.2) is 40.8 Å². The van der Waals surface area contributed by atoms with Gasteiger partial charge in [0.15, 0.2) is 0 Å². The van der Waals surface area contributed by atoms with Gasteiger partial charge in [0.05, 0.1) is 42.9 Å². The molecule has 0 radical (unpaired) electrons. The number of halogens is 3. The van der Waals surface area contributed by atoms with Crippen molar-refractivity contribution in [2.75, 3.05) is 18.5 Å². The molecule has 0 bridgehead atoms. The normalized spacial score (nSPS) is 25.0. The quantitative estimate of drug-likeness (QED) is 0.753. The Morgan fingerprint density at radius 2 is 2.12 bits per heavy atom. The molecule has 0 aliphatic carbocycles. The zero-order valence-electron chi connectivity index (χ0n) is 14.9. The van der Waals surface area contributed by atoms with E-state index < -0.39 is 17.4 Å². The van der Waals surface area contributed by atoms with Gasteiger partial charge in [0, 0.05) is 11.6 Å². The Morgan fingerprint density at radius 1 is 1.42 bits per heavy atom. The number of ether oxygens (including phenoxy) is 1. The van der Waals surface area contributed by atoms with E-state index in [0.717, 1.165) is 11.9 Å². The van der Waals surface area contributed by atoms with Gasteiger partial charge in [0.1, 0.15) is 5.66 Å². The van der Waals surface area contributed by atoms with Crippen molar-refractivity contribution in [3.05, 3.63) is 23.7 Å². The van der Waals surface area contributed by atoms with Gasteiger partial charge in [-0.25, -0.2) is 4.99 Å². The lowest BCUT2D eigenvalue weighted by Gasteiger charge is -2.38. The molecule has 10 heteroatoms. The number of hydrogen-bond donors (Lipinski definition) is 3. The molecule has 1 saturated heterocycles. The highest BCUT2D eigenvalue weighted by Crippen LogP contribution is 2.36. The number of nitrogens with zero attached hydrogens (tertiary/aromatic N) is 3. The van der Waals surface area contributed by atoms with E-state index in [9.17, 15) is 13.2 Å². The summed E-state index contributed by atoms with van der Waals surface area (Å²) in [4.78, 5) is 4.05. The molecule has 1 aromatic rings. The summed E-state index contributed by atoms with van der Waals surface area (Å²) in [6.45, 7) is 7.63. The van der Waals surface area contributed by atoms with Gasteiger partial charge in [-0.15, -0.1) is 0 Å². The van der Waals surface area contributed by atoms with E-state index in [1.807, 2.05) is 11.6 Å². The van der Waals surface area contributed by atoms with Crippen LogP contribution in [0.3, 0.4) is 0 Å². The van der Waals surface area contributed by atoms with Crippen LogP contribution in [0.1, 0.15) is 26.0 Å². The summed E-state index contributed by atoms with van der Waals surface area (Å²) < 4.78 is 46.5. The molecular formula is C16H23F3N6O. The van der Waals surface area contributed by atoms with Gasteiger partial charge < -0.3 is 21.1 Å². The van der Waals surface area contributed by atoms with Crippen LogP contribution >= 0.6 is 0 Å². The third-order valence-corrected chi connectivity index (χ3v) is 4.76. The third-order valence-electron chi connectivity index (χ3n) is 4.76. The van der Waals surface area contributed by atoms with Crippen molar-refractivity contribution >= 4 is 11.6 Å². The Bertz CT molecular complexity index is 750. The van der Waals surface area contributed by atoms with Gasteiger partial charge in [0.2, 0.25) is 5.96 Å². The van der Waals surface area contributed by atoms with Gasteiger partial charge in [-0.2, -0.15) is 18.3 Å². The molecule has 4 N–H and O–H groups in total. The molecule has 3 rings (SSSR count). The molecule has 144 valence electrons. The van der Waals surface area contributed by atoms with E-state index in [2.05, 4.69) is 27.6 Å². The van der Waals surface area contributed by atoms with Crippen molar-refractivity contribution in [3.8, 4) is 0 Å². The summed E-state index contributed by atoms with van der Waals surface area (Å²) >= 11 is 0. The lowest BCUT2D eigenvalue weighted by Crippen LogP contribution is -2.51. The summed E-state index contributed by atoms with van der Waals surface area (Å²) in [6.07, 6.45) is -2.05. The molecule has 0 spiro atoms. The van der Waals surface area contributed by atoms with Gasteiger partial charge in [-0.05, 0) is 13.3 Å². The fraction of sp³-hybridized carbons (Fsp3) is 0.625. The van der Waals surface area contributed by atoms with E-state index in [4.69, 9.17) is 10.5 Å². The molecule has 2 aliphatic rings. The van der Waals surface area contributed by atoms with Crippen molar-refractivity contribution < 1.29 is 17.9 Å². The van der Waals surface area contributed by atoms with Crippen LogP contribution in [0.4, 0.5) is 18.9 Å². The van der Waals surface area contributed by atoms with Gasteiger partial charge >= 0.3 is 6.18 Å². The lowest BCUT2D eigenvalue weighted by molar-refractivity contribution is -0.111. The van der Waals surface area contributed by atoms with Gasteiger partial charge in [-0.1, -0.05) is 13.8 Å². The monoisotopic (exact) mass is 372 g/mol. The maximum atomic E-state index is 13.1. The lowest BCUT2D eigenvalue weighted by atomic mass is 9.89. The van der Waals surface area contributed by atoms with Crippen LogP contribution in [0.15, 0.2) is 23.0 Å². The van der Waals surface area contributed by atoms with Gasteiger partial charge in [0.25, 0.3) is 0 Å². The number of anilines is 1. The van der Waals surface area contributed by atoms with E-state index >= 15 is 0 Å². The largest absolute Gasteiger partial charge is 0.417 e. The van der Waals surface area contributed by atoms with Crippen molar-refractivity contribution in [1.82, 2.24) is 15.1 Å². The highest BCUT2D eigenvalue weighted by Gasteiger charge is 2.47. The van der Waals surface area contributed by atoms with Crippen LogP contribution in [0.5, 0.6) is 0 Å². The molecule has 3 heterocycles. The predicted molar refractivity (Wildman–Crippen MR) is 91.4 cm³/mol. The van der Waals surface area contributed by atoms with Gasteiger partial charge in [-0.3, -0.25) is 4.68 Å². The Kier molecular flexibility index (Phi) is 4.51. The molecule has 1 fully saturated rings. The maximum Gasteiger partial charge on any atom is 0.417 e. The maximum absolute atomic E-state index is 13.1. The van der Waals surface area contributed by atoms with Crippen LogP contribution < -0.4 is 16.4 Å². The number of nitrogens with two attached hydrogens (primary N) is 1. The molecular weight excluding hydrogens is 349 g/mol.